The molecule has 1 radical (unpaired) electrons. The summed E-state index contributed by atoms with van der Waals surface area (Å²) in [4.78, 5) is 64.4. The van der Waals surface area contributed by atoms with Gasteiger partial charge in [0.05, 0.1) is 29.6 Å². The normalized spacial score (nSPS) is 17.8. The molecule has 1 unspecified atom stereocenters. The Bertz CT molecular complexity index is 1050. The van der Waals surface area contributed by atoms with Crippen molar-refractivity contribution in [3.8, 4) is 0 Å². The van der Waals surface area contributed by atoms with Crippen molar-refractivity contribution >= 4 is 55.5 Å². The first-order valence-corrected chi connectivity index (χ1v) is 12.1. The highest BCUT2D eigenvalue weighted by molar-refractivity contribution is 7.13. The molecule has 3 rings (SSSR count). The van der Waals surface area contributed by atoms with E-state index in [1.165, 1.54) is 32.6 Å². The molecule has 2 atom stereocenters. The van der Waals surface area contributed by atoms with Gasteiger partial charge in [-0.1, -0.05) is 12.9 Å². The SMILES string of the molecule is C=CCON1C(=O)N2CC1c1sc(C(=O)NCCN([B]C=O)C(=N)CB(C)O)nc1[C@H]2C(=O)N(C)C. The van der Waals surface area contributed by atoms with Crippen molar-refractivity contribution in [2.45, 2.75) is 25.2 Å². The fourth-order valence-electron chi connectivity index (χ4n) is 3.94. The van der Waals surface area contributed by atoms with E-state index in [1.54, 1.807) is 14.1 Å². The number of urea groups is 1. The minimum atomic E-state index is -0.979. The molecule has 16 heteroatoms. The maximum Gasteiger partial charge on any atom is 0.345 e. The number of hydroxylamine groups is 2. The summed E-state index contributed by atoms with van der Waals surface area (Å²) in [6, 6.07) is -1.95. The minimum Gasteiger partial charge on any atom is -0.450 e. The molecule has 1 aromatic heterocycles. The lowest BCUT2D eigenvalue weighted by Gasteiger charge is -2.30. The van der Waals surface area contributed by atoms with Crippen LogP contribution in [-0.2, 0) is 14.4 Å². The van der Waals surface area contributed by atoms with Gasteiger partial charge >= 0.3 is 13.4 Å². The standard InChI is InChI=1S/C20H28B2N7O6S/c1-5-8-35-29-12-10-27(20(29)33)15(19(32)26(3)4)14-16(12)36-18(25-14)17(31)24-6-7-28(21-11-30)13(23)9-22(2)34/h5,11-12,15,23,34H,1,6-10H2,2-4H3,(H,24,31)/t12?,15-/m0/s1. The van der Waals surface area contributed by atoms with Gasteiger partial charge in [0.25, 0.3) is 18.7 Å². The van der Waals surface area contributed by atoms with Gasteiger partial charge in [0.2, 0.25) is 0 Å². The molecule has 0 spiro atoms. The number of nitrogens with zero attached hydrogens (tertiary/aromatic N) is 5. The predicted molar refractivity (Wildman–Crippen MR) is 134 cm³/mol. The lowest BCUT2D eigenvalue weighted by molar-refractivity contribution is -0.133. The Hall–Kier alpha value is -3.23. The Labute approximate surface area is 213 Å². The number of fused-ring (bicyclic) bond motifs is 4. The molecule has 36 heavy (non-hydrogen) atoms. The highest BCUT2D eigenvalue weighted by Gasteiger charge is 2.53. The van der Waals surface area contributed by atoms with Crippen molar-refractivity contribution in [1.29, 1.82) is 5.41 Å². The van der Waals surface area contributed by atoms with Crippen LogP contribution in [0.1, 0.15) is 32.5 Å². The van der Waals surface area contributed by atoms with Crippen molar-refractivity contribution in [2.75, 3.05) is 40.3 Å². The number of carbonyl (C=O) groups is 4. The van der Waals surface area contributed by atoms with Crippen molar-refractivity contribution in [3.05, 3.63) is 28.2 Å². The van der Waals surface area contributed by atoms with E-state index in [0.717, 1.165) is 18.8 Å². The van der Waals surface area contributed by atoms with Crippen LogP contribution in [0.15, 0.2) is 12.7 Å². The first-order chi connectivity index (χ1) is 17.1. The Morgan fingerprint density at radius 1 is 1.47 bits per heavy atom. The van der Waals surface area contributed by atoms with Crippen LogP contribution in [0.2, 0.25) is 13.1 Å². The monoisotopic (exact) mass is 516 g/mol. The van der Waals surface area contributed by atoms with Gasteiger partial charge in [-0.25, -0.2) is 9.78 Å². The lowest BCUT2D eigenvalue weighted by Crippen LogP contribution is -2.43. The third-order valence-corrected chi connectivity index (χ3v) is 6.73. The molecule has 2 bridgehead atoms. The third-order valence-electron chi connectivity index (χ3n) is 5.56. The second-order valence-corrected chi connectivity index (χ2v) is 9.53. The molecule has 2 aliphatic rings. The van der Waals surface area contributed by atoms with Crippen LogP contribution in [-0.4, -0.2) is 114 Å². The molecule has 13 nitrogen and oxygen atoms in total. The number of hydrogen-bond donors (Lipinski definition) is 3. The van der Waals surface area contributed by atoms with E-state index < -0.39 is 30.9 Å². The first-order valence-electron chi connectivity index (χ1n) is 11.2. The van der Waals surface area contributed by atoms with Crippen LogP contribution < -0.4 is 5.32 Å². The summed E-state index contributed by atoms with van der Waals surface area (Å²) in [5, 5.41) is 21.5. The number of carbonyl (C=O) groups excluding carboxylic acids is 4. The summed E-state index contributed by atoms with van der Waals surface area (Å²) in [7, 11) is 4.33. The quantitative estimate of drug-likeness (QED) is 0.111. The van der Waals surface area contributed by atoms with Gasteiger partial charge in [0.15, 0.2) is 11.0 Å². The van der Waals surface area contributed by atoms with Gasteiger partial charge in [-0.3, -0.25) is 19.8 Å². The summed E-state index contributed by atoms with van der Waals surface area (Å²) < 4.78 is 0. The van der Waals surface area contributed by atoms with E-state index in [9.17, 15) is 24.2 Å². The Morgan fingerprint density at radius 3 is 2.81 bits per heavy atom. The Kier molecular flexibility index (Phi) is 8.87. The fraction of sp³-hybridized carbons (Fsp3) is 0.500. The molecule has 191 valence electrons. The number of amidine groups is 1. The molecule has 1 fully saturated rings. The van der Waals surface area contributed by atoms with E-state index >= 15 is 0 Å². The molecular formula is C20H28B2N7O6S. The van der Waals surface area contributed by atoms with E-state index in [2.05, 4.69) is 16.9 Å². The van der Waals surface area contributed by atoms with E-state index in [4.69, 9.17) is 10.2 Å². The van der Waals surface area contributed by atoms with Gasteiger partial charge in [-0.05, 0) is 0 Å². The number of likely N-dealkylation sites (N-methyl/N-ethyl adjacent to an activating group) is 1. The van der Waals surface area contributed by atoms with E-state index in [0.29, 0.717) is 16.8 Å². The summed E-state index contributed by atoms with van der Waals surface area (Å²) in [6.45, 7) is 4.94. The summed E-state index contributed by atoms with van der Waals surface area (Å²) in [5.74, 6) is -0.799. The van der Waals surface area contributed by atoms with Crippen LogP contribution in [0.25, 0.3) is 0 Å². The summed E-state index contributed by atoms with van der Waals surface area (Å²) in [6.07, 6.45) is 2.09. The van der Waals surface area contributed by atoms with E-state index in [1.807, 2.05) is 0 Å². The van der Waals surface area contributed by atoms with Crippen molar-refractivity contribution in [1.82, 2.24) is 30.0 Å². The summed E-state index contributed by atoms with van der Waals surface area (Å²) in [5.41, 5.74) is 0.341. The third kappa shape index (κ3) is 5.60. The van der Waals surface area contributed by atoms with Crippen LogP contribution in [0.5, 0.6) is 0 Å². The van der Waals surface area contributed by atoms with Crippen molar-refractivity contribution in [3.63, 3.8) is 0 Å². The largest absolute Gasteiger partial charge is 0.450 e. The number of aromatic nitrogens is 1. The zero-order valence-corrected chi connectivity index (χ0v) is 21.2. The number of amides is 4. The molecule has 1 saturated heterocycles. The molecule has 0 saturated carbocycles. The number of rotatable bonds is 12. The van der Waals surface area contributed by atoms with Crippen LogP contribution in [0.4, 0.5) is 4.79 Å². The molecule has 3 heterocycles. The molecule has 1 aromatic rings. The second kappa shape index (κ2) is 11.7. The molecule has 0 aliphatic carbocycles. The minimum absolute atomic E-state index is 0.0375. The average Bonchev–Trinajstić information content (AvgIpc) is 3.38. The predicted octanol–water partition coefficient (Wildman–Crippen LogP) is -0.386. The topological polar surface area (TPSA) is 159 Å². The Morgan fingerprint density at radius 2 is 2.19 bits per heavy atom. The molecule has 3 N–H and O–H groups in total. The zero-order valence-electron chi connectivity index (χ0n) is 20.3. The molecule has 4 amide bonds. The van der Waals surface area contributed by atoms with Crippen molar-refractivity contribution < 1.29 is 29.0 Å². The van der Waals surface area contributed by atoms with Gasteiger partial charge in [0.1, 0.15) is 12.2 Å². The van der Waals surface area contributed by atoms with Gasteiger partial charge in [-0.15, -0.1) is 17.9 Å². The lowest BCUT2D eigenvalue weighted by atomic mass is 9.67. The number of hydrogen-bond acceptors (Lipinski definition) is 9. The Balaban J connectivity index is 1.78. The highest BCUT2D eigenvalue weighted by Crippen LogP contribution is 2.46. The van der Waals surface area contributed by atoms with Crippen LogP contribution >= 0.6 is 11.3 Å². The molecule has 0 aromatic carbocycles. The maximum atomic E-state index is 13.0. The maximum absolute atomic E-state index is 13.0. The smallest absolute Gasteiger partial charge is 0.345 e. The fourth-order valence-corrected chi connectivity index (χ4v) is 5.02. The second-order valence-electron chi connectivity index (χ2n) is 8.50. The van der Waals surface area contributed by atoms with E-state index in [-0.39, 0.29) is 49.3 Å². The number of nitrogens with one attached hydrogen (secondary N) is 2. The first kappa shape index (κ1) is 27.4. The zero-order chi connectivity index (χ0) is 26.6. The van der Waals surface area contributed by atoms with Crippen LogP contribution in [0.3, 0.4) is 0 Å². The molecule has 2 aliphatic heterocycles. The summed E-state index contributed by atoms with van der Waals surface area (Å²) >= 11 is 1.09. The van der Waals surface area contributed by atoms with Gasteiger partial charge in [0, 0.05) is 33.5 Å². The van der Waals surface area contributed by atoms with Gasteiger partial charge < -0.3 is 29.7 Å². The molecular weight excluding hydrogens is 488 g/mol. The van der Waals surface area contributed by atoms with Gasteiger partial charge in [-0.2, -0.15) is 5.06 Å². The average molecular weight is 516 g/mol. The number of thiazole rings is 1. The van der Waals surface area contributed by atoms with Crippen LogP contribution in [0, 0.1) is 5.41 Å². The highest BCUT2D eigenvalue weighted by atomic mass is 32.1. The van der Waals surface area contributed by atoms with Crippen molar-refractivity contribution in [2.24, 2.45) is 0 Å².